The molecule has 1 aromatic carbocycles. The van der Waals surface area contributed by atoms with Crippen LogP contribution in [-0.2, 0) is 9.84 Å². The van der Waals surface area contributed by atoms with Crippen LogP contribution in [0.2, 0.25) is 0 Å². The maximum absolute atomic E-state index is 12.4. The summed E-state index contributed by atoms with van der Waals surface area (Å²) in [6.07, 6.45) is 0. The highest BCUT2D eigenvalue weighted by molar-refractivity contribution is 7.92. The molecule has 2 rings (SSSR count). The van der Waals surface area contributed by atoms with Gasteiger partial charge in [-0.15, -0.1) is 0 Å². The van der Waals surface area contributed by atoms with E-state index in [2.05, 4.69) is 26.9 Å². The van der Waals surface area contributed by atoms with Crippen molar-refractivity contribution in [2.24, 2.45) is 5.11 Å². The third-order valence-corrected chi connectivity index (χ3v) is 6.09. The molecular weight excluding hydrogens is 302 g/mol. The average Bonchev–Trinajstić information content (AvgIpc) is 2.48. The molecule has 1 fully saturated rings. The van der Waals surface area contributed by atoms with Crippen molar-refractivity contribution < 1.29 is 8.42 Å². The molecule has 0 aliphatic carbocycles. The number of piperazine rings is 1. The molecule has 120 valence electrons. The van der Waals surface area contributed by atoms with E-state index in [4.69, 9.17) is 5.53 Å². The fourth-order valence-electron chi connectivity index (χ4n) is 2.39. The van der Waals surface area contributed by atoms with Gasteiger partial charge in [0.05, 0.1) is 15.8 Å². The minimum atomic E-state index is -3.48. The monoisotopic (exact) mass is 323 g/mol. The minimum absolute atomic E-state index is 0.0955. The van der Waals surface area contributed by atoms with Gasteiger partial charge >= 0.3 is 0 Å². The summed E-state index contributed by atoms with van der Waals surface area (Å²) >= 11 is 0. The van der Waals surface area contributed by atoms with Gasteiger partial charge in [-0.25, -0.2) is 8.42 Å². The zero-order valence-electron chi connectivity index (χ0n) is 13.1. The Labute approximate surface area is 131 Å². The van der Waals surface area contributed by atoms with E-state index >= 15 is 0 Å². The van der Waals surface area contributed by atoms with Crippen molar-refractivity contribution in [3.8, 4) is 0 Å². The third-order valence-electron chi connectivity index (χ3n) is 3.89. The largest absolute Gasteiger partial charge is 0.369 e. The van der Waals surface area contributed by atoms with Crippen LogP contribution in [0, 0.1) is 0 Å². The van der Waals surface area contributed by atoms with Crippen LogP contribution in [0.25, 0.3) is 10.4 Å². The van der Waals surface area contributed by atoms with Gasteiger partial charge in [-0.1, -0.05) is 5.11 Å². The molecule has 22 heavy (non-hydrogen) atoms. The number of rotatable bonds is 4. The van der Waals surface area contributed by atoms with Gasteiger partial charge in [-0.3, -0.25) is 0 Å². The van der Waals surface area contributed by atoms with Crippen LogP contribution in [-0.4, -0.2) is 51.8 Å². The van der Waals surface area contributed by atoms with Gasteiger partial charge in [0.15, 0.2) is 9.84 Å². The van der Waals surface area contributed by atoms with Gasteiger partial charge in [0.25, 0.3) is 0 Å². The van der Waals surface area contributed by atoms with Gasteiger partial charge in [0.2, 0.25) is 0 Å². The molecule has 0 bridgehead atoms. The molecule has 0 unspecified atom stereocenters. The molecular formula is C14H21N5O2S. The fourth-order valence-corrected chi connectivity index (χ4v) is 3.54. The molecule has 1 heterocycles. The summed E-state index contributed by atoms with van der Waals surface area (Å²) in [7, 11) is -1.41. The second-order valence-corrected chi connectivity index (χ2v) is 8.20. The fraction of sp³-hybridized carbons (Fsp3) is 0.571. The summed E-state index contributed by atoms with van der Waals surface area (Å²) in [4.78, 5) is 7.27. The van der Waals surface area contributed by atoms with Crippen molar-refractivity contribution in [1.82, 2.24) is 4.90 Å². The minimum Gasteiger partial charge on any atom is -0.369 e. The second-order valence-electron chi connectivity index (χ2n) is 5.73. The van der Waals surface area contributed by atoms with Crippen LogP contribution in [0.1, 0.15) is 13.8 Å². The third kappa shape index (κ3) is 3.35. The van der Waals surface area contributed by atoms with Crippen molar-refractivity contribution in [2.75, 3.05) is 38.1 Å². The Hall–Kier alpha value is -1.76. The van der Waals surface area contributed by atoms with Crippen molar-refractivity contribution in [3.05, 3.63) is 28.6 Å². The van der Waals surface area contributed by atoms with E-state index in [0.29, 0.717) is 0 Å². The summed E-state index contributed by atoms with van der Waals surface area (Å²) < 4.78 is 24.7. The second kappa shape index (κ2) is 6.56. The van der Waals surface area contributed by atoms with Crippen molar-refractivity contribution in [2.45, 2.75) is 24.0 Å². The van der Waals surface area contributed by atoms with Crippen LogP contribution < -0.4 is 4.90 Å². The first-order valence-corrected chi connectivity index (χ1v) is 8.77. The van der Waals surface area contributed by atoms with Gasteiger partial charge < -0.3 is 9.80 Å². The zero-order valence-corrected chi connectivity index (χ0v) is 13.9. The Bertz CT molecular complexity index is 687. The topological polar surface area (TPSA) is 89.4 Å². The molecule has 1 saturated heterocycles. The lowest BCUT2D eigenvalue weighted by Crippen LogP contribution is -2.44. The molecule has 0 spiro atoms. The smallest absolute Gasteiger partial charge is 0.181 e. The highest BCUT2D eigenvalue weighted by Gasteiger charge is 2.23. The van der Waals surface area contributed by atoms with E-state index in [1.807, 2.05) is 0 Å². The number of hydrogen-bond donors (Lipinski definition) is 0. The molecule has 1 aliphatic heterocycles. The van der Waals surface area contributed by atoms with Crippen LogP contribution in [0.5, 0.6) is 0 Å². The Morgan fingerprint density at radius 2 is 1.86 bits per heavy atom. The number of benzene rings is 1. The number of azide groups is 1. The van der Waals surface area contributed by atoms with Crippen LogP contribution in [0.3, 0.4) is 0 Å². The molecule has 1 aromatic rings. The molecule has 0 amide bonds. The predicted molar refractivity (Wildman–Crippen MR) is 87.3 cm³/mol. The maximum atomic E-state index is 12.4. The van der Waals surface area contributed by atoms with Crippen LogP contribution >= 0.6 is 0 Å². The number of anilines is 1. The number of sulfone groups is 1. The number of hydrogen-bond acceptors (Lipinski definition) is 5. The zero-order chi connectivity index (χ0) is 16.3. The predicted octanol–water partition coefficient (Wildman–Crippen LogP) is 2.56. The normalized spacial score (nSPS) is 16.6. The molecule has 0 radical (unpaired) electrons. The van der Waals surface area contributed by atoms with E-state index in [9.17, 15) is 8.42 Å². The quantitative estimate of drug-likeness (QED) is 0.484. The van der Waals surface area contributed by atoms with E-state index in [-0.39, 0.29) is 10.6 Å². The Balaban J connectivity index is 2.42. The Morgan fingerprint density at radius 3 is 2.41 bits per heavy atom. The van der Waals surface area contributed by atoms with E-state index in [0.717, 1.165) is 31.9 Å². The van der Waals surface area contributed by atoms with Gasteiger partial charge in [0, 0.05) is 36.8 Å². The van der Waals surface area contributed by atoms with Crippen molar-refractivity contribution >= 4 is 21.2 Å². The molecule has 0 aromatic heterocycles. The molecule has 7 nitrogen and oxygen atoms in total. The summed E-state index contributed by atoms with van der Waals surface area (Å²) in [6, 6.07) is 5.00. The first kappa shape index (κ1) is 16.6. The molecule has 0 N–H and O–H groups in total. The van der Waals surface area contributed by atoms with Crippen molar-refractivity contribution in [1.29, 1.82) is 0 Å². The number of likely N-dealkylation sites (N-methyl/N-ethyl adjacent to an activating group) is 1. The lowest BCUT2D eigenvalue weighted by Gasteiger charge is -2.34. The molecule has 0 atom stereocenters. The van der Waals surface area contributed by atoms with E-state index in [1.165, 1.54) is 0 Å². The highest BCUT2D eigenvalue weighted by Crippen LogP contribution is 2.32. The Kier molecular flexibility index (Phi) is 4.95. The van der Waals surface area contributed by atoms with Crippen LogP contribution in [0.4, 0.5) is 11.4 Å². The summed E-state index contributed by atoms with van der Waals surface area (Å²) in [6.45, 7) is 6.85. The first-order chi connectivity index (χ1) is 10.4. The number of nitrogens with zero attached hydrogens (tertiary/aromatic N) is 5. The highest BCUT2D eigenvalue weighted by atomic mass is 32.2. The lowest BCUT2D eigenvalue weighted by atomic mass is 10.2. The molecule has 0 saturated carbocycles. The summed E-state index contributed by atoms with van der Waals surface area (Å²) in [5, 5.41) is 3.03. The summed E-state index contributed by atoms with van der Waals surface area (Å²) in [5.74, 6) is 0. The summed E-state index contributed by atoms with van der Waals surface area (Å²) in [5.41, 5.74) is 9.79. The van der Waals surface area contributed by atoms with Gasteiger partial charge in [-0.2, -0.15) is 0 Å². The maximum Gasteiger partial charge on any atom is 0.181 e. The van der Waals surface area contributed by atoms with E-state index in [1.54, 1.807) is 32.0 Å². The first-order valence-electron chi connectivity index (χ1n) is 7.23. The Morgan fingerprint density at radius 1 is 1.23 bits per heavy atom. The SMILES string of the molecule is CC(C)S(=O)(=O)c1ccc(N2CCN(C)CC2)cc1N=[N+]=[N-]. The standard InChI is InChI=1S/C14H21N5O2S/c1-11(2)22(20,21)14-5-4-12(10-13(14)16-17-15)19-8-6-18(3)7-9-19/h4-5,10-11H,6-9H2,1-3H3. The van der Waals surface area contributed by atoms with Crippen molar-refractivity contribution in [3.63, 3.8) is 0 Å². The lowest BCUT2D eigenvalue weighted by molar-refractivity contribution is 0.313. The van der Waals surface area contributed by atoms with E-state index < -0.39 is 15.1 Å². The molecule has 1 aliphatic rings. The van der Waals surface area contributed by atoms with Gasteiger partial charge in [0.1, 0.15) is 0 Å². The average molecular weight is 323 g/mol. The van der Waals surface area contributed by atoms with Gasteiger partial charge in [-0.05, 0) is 44.6 Å². The van der Waals surface area contributed by atoms with Crippen LogP contribution in [0.15, 0.2) is 28.2 Å². The molecule has 8 heteroatoms.